The zero-order valence-corrected chi connectivity index (χ0v) is 17.0. The summed E-state index contributed by atoms with van der Waals surface area (Å²) in [6, 6.07) is 10.0. The number of nitrogens with zero attached hydrogens (tertiary/aromatic N) is 6. The second-order valence-corrected chi connectivity index (χ2v) is 7.67. The van der Waals surface area contributed by atoms with Crippen LogP contribution in [0.2, 0.25) is 0 Å². The standard InChI is InChI=1S/C22H16F3N7O/c23-13-5-3-12(4-6-13)21-28-29-22(33-21)31-9-7-15-18(27-11-26-15)19(31)16-10-17-14(20(24)25)2-1-8-32(17)30-16/h1-6,8,10-11,19-20H,7,9H2,(H,26,27). The van der Waals surface area contributed by atoms with Gasteiger partial charge in [0.2, 0.25) is 5.89 Å². The van der Waals surface area contributed by atoms with Gasteiger partial charge in [-0.25, -0.2) is 22.7 Å². The minimum absolute atomic E-state index is 0.0998. The Hall–Kier alpha value is -4.15. The van der Waals surface area contributed by atoms with E-state index in [0.29, 0.717) is 35.4 Å². The van der Waals surface area contributed by atoms with Crippen LogP contribution in [0.15, 0.2) is 59.4 Å². The highest BCUT2D eigenvalue weighted by molar-refractivity contribution is 5.58. The molecule has 1 N–H and O–H groups in total. The predicted molar refractivity (Wildman–Crippen MR) is 111 cm³/mol. The normalized spacial score (nSPS) is 16.0. The number of benzene rings is 1. The fraction of sp³-hybridized carbons (Fsp3) is 0.182. The fourth-order valence-electron chi connectivity index (χ4n) is 4.20. The molecule has 1 unspecified atom stereocenters. The lowest BCUT2D eigenvalue weighted by atomic mass is 10.00. The summed E-state index contributed by atoms with van der Waals surface area (Å²) >= 11 is 0. The van der Waals surface area contributed by atoms with Crippen LogP contribution in [0.3, 0.4) is 0 Å². The van der Waals surface area contributed by atoms with Crippen LogP contribution in [0, 0.1) is 5.82 Å². The minimum atomic E-state index is -2.63. The molecule has 4 aromatic heterocycles. The number of halogens is 3. The third kappa shape index (κ3) is 3.23. The smallest absolute Gasteiger partial charge is 0.319 e. The van der Waals surface area contributed by atoms with E-state index in [1.165, 1.54) is 28.8 Å². The lowest BCUT2D eigenvalue weighted by Gasteiger charge is -2.32. The first-order valence-electron chi connectivity index (χ1n) is 10.2. The highest BCUT2D eigenvalue weighted by Gasteiger charge is 2.36. The molecule has 0 aliphatic carbocycles. The molecule has 11 heteroatoms. The Labute approximate surface area is 184 Å². The first kappa shape index (κ1) is 19.5. The van der Waals surface area contributed by atoms with Crippen molar-refractivity contribution in [1.29, 1.82) is 0 Å². The number of anilines is 1. The average molecular weight is 451 g/mol. The number of alkyl halides is 2. The van der Waals surface area contributed by atoms with Gasteiger partial charge < -0.3 is 14.3 Å². The molecule has 1 aromatic carbocycles. The van der Waals surface area contributed by atoms with Crippen molar-refractivity contribution < 1.29 is 17.6 Å². The molecule has 0 amide bonds. The highest BCUT2D eigenvalue weighted by atomic mass is 19.3. The van der Waals surface area contributed by atoms with E-state index in [1.54, 1.807) is 30.7 Å². The average Bonchev–Trinajstić information content (AvgIpc) is 3.57. The molecule has 1 aliphatic heterocycles. The van der Waals surface area contributed by atoms with E-state index in [4.69, 9.17) is 4.42 Å². The summed E-state index contributed by atoms with van der Waals surface area (Å²) in [7, 11) is 0. The molecule has 0 spiro atoms. The van der Waals surface area contributed by atoms with Gasteiger partial charge in [0.15, 0.2) is 0 Å². The number of imidazole rings is 1. The molecule has 6 rings (SSSR count). The van der Waals surface area contributed by atoms with Crippen molar-refractivity contribution in [2.75, 3.05) is 11.4 Å². The van der Waals surface area contributed by atoms with Crippen LogP contribution >= 0.6 is 0 Å². The Kier molecular flexibility index (Phi) is 4.42. The topological polar surface area (TPSA) is 88.1 Å². The number of aromatic amines is 1. The van der Waals surface area contributed by atoms with Crippen LogP contribution in [0.25, 0.3) is 17.0 Å². The maximum atomic E-state index is 13.5. The van der Waals surface area contributed by atoms with Gasteiger partial charge in [-0.2, -0.15) is 5.10 Å². The number of aromatic nitrogens is 6. The molecule has 5 aromatic rings. The first-order valence-corrected chi connectivity index (χ1v) is 10.2. The van der Waals surface area contributed by atoms with Gasteiger partial charge in [-0.15, -0.1) is 5.10 Å². The largest absolute Gasteiger partial charge is 0.403 e. The van der Waals surface area contributed by atoms with Gasteiger partial charge in [-0.1, -0.05) is 5.10 Å². The number of H-pyrrole nitrogens is 1. The third-order valence-electron chi connectivity index (χ3n) is 5.74. The molecule has 166 valence electrons. The summed E-state index contributed by atoms with van der Waals surface area (Å²) in [5.41, 5.74) is 2.97. The van der Waals surface area contributed by atoms with Crippen LogP contribution in [-0.4, -0.2) is 36.3 Å². The van der Waals surface area contributed by atoms with E-state index in [1.807, 2.05) is 4.90 Å². The number of fused-ring (bicyclic) bond motifs is 2. The molecule has 5 heterocycles. The van der Waals surface area contributed by atoms with E-state index >= 15 is 0 Å². The van der Waals surface area contributed by atoms with Gasteiger partial charge in [0.25, 0.3) is 6.43 Å². The maximum Gasteiger partial charge on any atom is 0.319 e. The van der Waals surface area contributed by atoms with Crippen LogP contribution in [-0.2, 0) is 6.42 Å². The Bertz CT molecular complexity index is 1440. The van der Waals surface area contributed by atoms with Crippen molar-refractivity contribution in [3.05, 3.63) is 83.5 Å². The fourth-order valence-corrected chi connectivity index (χ4v) is 4.20. The predicted octanol–water partition coefficient (Wildman–Crippen LogP) is 4.34. The summed E-state index contributed by atoms with van der Waals surface area (Å²) < 4.78 is 47.7. The zero-order chi connectivity index (χ0) is 22.5. The molecular weight excluding hydrogens is 435 g/mol. The number of rotatable bonds is 4. The lowest BCUT2D eigenvalue weighted by Crippen LogP contribution is -2.36. The van der Waals surface area contributed by atoms with Gasteiger partial charge in [0, 0.05) is 36.0 Å². The van der Waals surface area contributed by atoms with Crippen LogP contribution in [0.5, 0.6) is 0 Å². The SMILES string of the molecule is Fc1ccc(-c2nnc(N3CCc4[nH]cnc4C3c3cc4c(C(F)F)cccn4n3)o2)cc1. The van der Waals surface area contributed by atoms with Crippen molar-refractivity contribution in [3.63, 3.8) is 0 Å². The quantitative estimate of drug-likeness (QED) is 0.438. The Morgan fingerprint density at radius 2 is 1.97 bits per heavy atom. The van der Waals surface area contributed by atoms with Gasteiger partial charge in [0.1, 0.15) is 11.9 Å². The molecule has 0 saturated carbocycles. The van der Waals surface area contributed by atoms with Gasteiger partial charge in [0.05, 0.1) is 23.2 Å². The minimum Gasteiger partial charge on any atom is -0.403 e. The van der Waals surface area contributed by atoms with Crippen molar-refractivity contribution in [1.82, 2.24) is 29.8 Å². The van der Waals surface area contributed by atoms with Crippen LogP contribution in [0.4, 0.5) is 19.2 Å². The van der Waals surface area contributed by atoms with Crippen molar-refractivity contribution in [2.45, 2.75) is 18.9 Å². The number of pyridine rings is 1. The van der Waals surface area contributed by atoms with Crippen LogP contribution in [0.1, 0.15) is 35.1 Å². The van der Waals surface area contributed by atoms with Gasteiger partial charge in [-0.05, 0) is 42.5 Å². The molecule has 33 heavy (non-hydrogen) atoms. The summed E-state index contributed by atoms with van der Waals surface area (Å²) in [6.45, 7) is 0.514. The monoisotopic (exact) mass is 451 g/mol. The Morgan fingerprint density at radius 3 is 2.79 bits per heavy atom. The zero-order valence-electron chi connectivity index (χ0n) is 17.0. The summed E-state index contributed by atoms with van der Waals surface area (Å²) in [5.74, 6) is -0.123. The number of nitrogens with one attached hydrogen (secondary N) is 1. The second kappa shape index (κ2) is 7.47. The number of hydrogen-bond acceptors (Lipinski definition) is 6. The van der Waals surface area contributed by atoms with E-state index in [9.17, 15) is 13.2 Å². The molecule has 0 saturated heterocycles. The Morgan fingerprint density at radius 1 is 1.12 bits per heavy atom. The molecule has 1 atom stereocenters. The molecular formula is C22H16F3N7O. The third-order valence-corrected chi connectivity index (χ3v) is 5.74. The second-order valence-electron chi connectivity index (χ2n) is 7.67. The molecule has 0 bridgehead atoms. The van der Waals surface area contributed by atoms with E-state index in [2.05, 4.69) is 25.3 Å². The van der Waals surface area contributed by atoms with Crippen molar-refractivity contribution >= 4 is 11.5 Å². The van der Waals surface area contributed by atoms with Gasteiger partial charge in [-0.3, -0.25) is 0 Å². The maximum absolute atomic E-state index is 13.5. The molecule has 0 fully saturated rings. The van der Waals surface area contributed by atoms with E-state index < -0.39 is 12.5 Å². The summed E-state index contributed by atoms with van der Waals surface area (Å²) in [5, 5.41) is 12.9. The highest BCUT2D eigenvalue weighted by Crippen LogP contribution is 2.37. The Balaban J connectivity index is 1.45. The lowest BCUT2D eigenvalue weighted by molar-refractivity contribution is 0.152. The summed E-state index contributed by atoms with van der Waals surface area (Å²) in [4.78, 5) is 9.46. The molecule has 1 aliphatic rings. The molecule has 0 radical (unpaired) electrons. The number of hydrogen-bond donors (Lipinski definition) is 1. The molecule has 8 nitrogen and oxygen atoms in total. The van der Waals surface area contributed by atoms with E-state index in [-0.39, 0.29) is 23.3 Å². The van der Waals surface area contributed by atoms with Crippen molar-refractivity contribution in [2.24, 2.45) is 0 Å². The van der Waals surface area contributed by atoms with Crippen LogP contribution < -0.4 is 4.90 Å². The first-order chi connectivity index (χ1) is 16.1. The van der Waals surface area contributed by atoms with Gasteiger partial charge >= 0.3 is 6.01 Å². The van der Waals surface area contributed by atoms with Crippen molar-refractivity contribution in [3.8, 4) is 11.5 Å². The van der Waals surface area contributed by atoms with E-state index in [0.717, 1.165) is 5.69 Å². The summed E-state index contributed by atoms with van der Waals surface area (Å²) in [6.07, 6.45) is 1.24.